The molecule has 1 N–H and O–H groups in total. The summed E-state index contributed by atoms with van der Waals surface area (Å²) >= 11 is 0. The number of fused-ring (bicyclic) bond motifs is 1. The monoisotopic (exact) mass is 248 g/mol. The minimum Gasteiger partial charge on any atom is -0.380 e. The van der Waals surface area contributed by atoms with Gasteiger partial charge in [-0.25, -0.2) is 0 Å². The summed E-state index contributed by atoms with van der Waals surface area (Å²) in [6.45, 7) is 8.98. The van der Waals surface area contributed by atoms with Crippen LogP contribution in [0.25, 0.3) is 0 Å². The number of ether oxygens (including phenoxy) is 1. The molecule has 3 heteroatoms. The van der Waals surface area contributed by atoms with E-state index in [1.165, 1.54) is 17.7 Å². The molecule has 1 atom stereocenters. The van der Waals surface area contributed by atoms with Gasteiger partial charge < -0.3 is 15.0 Å². The molecule has 2 rings (SSSR count). The average molecular weight is 248 g/mol. The quantitative estimate of drug-likeness (QED) is 0.748. The van der Waals surface area contributed by atoms with E-state index in [-0.39, 0.29) is 0 Å². The van der Waals surface area contributed by atoms with Gasteiger partial charge in [0, 0.05) is 38.0 Å². The van der Waals surface area contributed by atoms with Crippen molar-refractivity contribution in [3.05, 3.63) is 29.8 Å². The molecule has 0 saturated heterocycles. The second-order valence-electron chi connectivity index (χ2n) is 4.82. The van der Waals surface area contributed by atoms with Crippen LogP contribution in [0, 0.1) is 0 Å². The van der Waals surface area contributed by atoms with Gasteiger partial charge in [0.1, 0.15) is 0 Å². The minimum atomic E-state index is 0.621. The van der Waals surface area contributed by atoms with Gasteiger partial charge in [-0.1, -0.05) is 18.2 Å². The average Bonchev–Trinajstić information content (AvgIpc) is 2.70. The fraction of sp³-hybridized carbons (Fsp3) is 0.600. The highest BCUT2D eigenvalue weighted by Crippen LogP contribution is 2.30. The summed E-state index contributed by atoms with van der Waals surface area (Å²) in [5.74, 6) is 0. The number of nitrogens with one attached hydrogen (secondary N) is 1. The molecule has 0 aliphatic carbocycles. The van der Waals surface area contributed by atoms with E-state index < -0.39 is 0 Å². The molecule has 0 spiro atoms. The zero-order valence-corrected chi connectivity index (χ0v) is 11.5. The number of rotatable bonds is 7. The van der Waals surface area contributed by atoms with Gasteiger partial charge in [-0.15, -0.1) is 0 Å². The van der Waals surface area contributed by atoms with Gasteiger partial charge in [0.05, 0.1) is 6.61 Å². The first-order valence-electron chi connectivity index (χ1n) is 6.96. The fourth-order valence-electron chi connectivity index (χ4n) is 2.58. The standard InChI is InChI=1S/C15H24N2O/c1-3-18-11-9-16-8-10-17-13(2)12-14-6-4-5-7-15(14)17/h4-7,13,16H,3,8-12H2,1-2H3. The van der Waals surface area contributed by atoms with E-state index in [0.29, 0.717) is 6.04 Å². The van der Waals surface area contributed by atoms with Gasteiger partial charge in [0.25, 0.3) is 0 Å². The van der Waals surface area contributed by atoms with E-state index in [9.17, 15) is 0 Å². The summed E-state index contributed by atoms with van der Waals surface area (Å²) in [5.41, 5.74) is 2.90. The fourth-order valence-corrected chi connectivity index (χ4v) is 2.58. The SMILES string of the molecule is CCOCCNCCN1c2ccccc2CC1C. The molecule has 1 aliphatic rings. The summed E-state index contributed by atoms with van der Waals surface area (Å²) in [7, 11) is 0. The largest absolute Gasteiger partial charge is 0.380 e. The lowest BCUT2D eigenvalue weighted by molar-refractivity contribution is 0.149. The van der Waals surface area contributed by atoms with Crippen LogP contribution in [0.4, 0.5) is 5.69 Å². The molecule has 0 bridgehead atoms. The van der Waals surface area contributed by atoms with E-state index in [1.54, 1.807) is 0 Å². The summed E-state index contributed by atoms with van der Waals surface area (Å²) in [6.07, 6.45) is 1.18. The minimum absolute atomic E-state index is 0.621. The Morgan fingerprint density at radius 3 is 3.00 bits per heavy atom. The molecule has 1 aromatic carbocycles. The van der Waals surface area contributed by atoms with Crippen LogP contribution in [0.15, 0.2) is 24.3 Å². The molecule has 18 heavy (non-hydrogen) atoms. The summed E-state index contributed by atoms with van der Waals surface area (Å²) in [4.78, 5) is 2.50. The van der Waals surface area contributed by atoms with E-state index in [0.717, 1.165) is 32.8 Å². The molecule has 0 radical (unpaired) electrons. The Balaban J connectivity index is 1.76. The predicted molar refractivity (Wildman–Crippen MR) is 76.3 cm³/mol. The molecule has 0 saturated carbocycles. The van der Waals surface area contributed by atoms with Gasteiger partial charge in [0.15, 0.2) is 0 Å². The Labute approximate surface area is 110 Å². The van der Waals surface area contributed by atoms with Crippen LogP contribution in [-0.2, 0) is 11.2 Å². The Kier molecular flexibility index (Phi) is 5.02. The third-order valence-corrected chi connectivity index (χ3v) is 3.51. The van der Waals surface area contributed by atoms with Crippen LogP contribution in [0.5, 0.6) is 0 Å². The lowest BCUT2D eigenvalue weighted by Crippen LogP contribution is -2.36. The van der Waals surface area contributed by atoms with Crippen molar-refractivity contribution in [2.75, 3.05) is 37.7 Å². The van der Waals surface area contributed by atoms with Gasteiger partial charge in [-0.3, -0.25) is 0 Å². The highest BCUT2D eigenvalue weighted by atomic mass is 16.5. The maximum Gasteiger partial charge on any atom is 0.0590 e. The topological polar surface area (TPSA) is 24.5 Å². The second-order valence-corrected chi connectivity index (χ2v) is 4.82. The molecule has 1 heterocycles. The van der Waals surface area contributed by atoms with Crippen LogP contribution < -0.4 is 10.2 Å². The van der Waals surface area contributed by atoms with Crippen LogP contribution in [0.2, 0.25) is 0 Å². The Hall–Kier alpha value is -1.06. The summed E-state index contributed by atoms with van der Waals surface area (Å²) in [6, 6.07) is 9.37. The Morgan fingerprint density at radius 2 is 2.17 bits per heavy atom. The predicted octanol–water partition coefficient (Wildman–Crippen LogP) is 2.06. The first-order chi connectivity index (χ1) is 8.83. The number of hydrogen-bond donors (Lipinski definition) is 1. The van der Waals surface area contributed by atoms with E-state index >= 15 is 0 Å². The van der Waals surface area contributed by atoms with Crippen molar-refractivity contribution in [2.24, 2.45) is 0 Å². The zero-order chi connectivity index (χ0) is 12.8. The smallest absolute Gasteiger partial charge is 0.0590 e. The highest BCUT2D eigenvalue weighted by molar-refractivity contribution is 5.59. The molecule has 0 fully saturated rings. The Bertz CT molecular complexity index is 367. The molecular formula is C15H24N2O. The van der Waals surface area contributed by atoms with E-state index in [1.807, 2.05) is 6.92 Å². The number of anilines is 1. The van der Waals surface area contributed by atoms with Crippen LogP contribution in [0.3, 0.4) is 0 Å². The van der Waals surface area contributed by atoms with Crippen LogP contribution in [-0.4, -0.2) is 38.9 Å². The van der Waals surface area contributed by atoms with Gasteiger partial charge in [-0.05, 0) is 31.9 Å². The maximum atomic E-state index is 5.31. The number of para-hydroxylation sites is 1. The van der Waals surface area contributed by atoms with Gasteiger partial charge >= 0.3 is 0 Å². The molecule has 0 aromatic heterocycles. The first-order valence-corrected chi connectivity index (χ1v) is 6.96. The van der Waals surface area contributed by atoms with Gasteiger partial charge in [-0.2, -0.15) is 0 Å². The Morgan fingerprint density at radius 1 is 1.33 bits per heavy atom. The molecule has 3 nitrogen and oxygen atoms in total. The molecule has 0 amide bonds. The second kappa shape index (κ2) is 6.76. The zero-order valence-electron chi connectivity index (χ0n) is 11.5. The highest BCUT2D eigenvalue weighted by Gasteiger charge is 2.24. The van der Waals surface area contributed by atoms with Crippen molar-refractivity contribution in [2.45, 2.75) is 26.3 Å². The molecular weight excluding hydrogens is 224 g/mol. The molecule has 1 aromatic rings. The number of nitrogens with zero attached hydrogens (tertiary/aromatic N) is 1. The van der Waals surface area contributed by atoms with Crippen LogP contribution >= 0.6 is 0 Å². The van der Waals surface area contributed by atoms with Crippen molar-refractivity contribution in [1.29, 1.82) is 0 Å². The number of benzene rings is 1. The van der Waals surface area contributed by atoms with E-state index in [2.05, 4.69) is 41.4 Å². The third kappa shape index (κ3) is 3.24. The third-order valence-electron chi connectivity index (χ3n) is 3.51. The molecule has 1 aliphatic heterocycles. The van der Waals surface area contributed by atoms with Crippen LogP contribution in [0.1, 0.15) is 19.4 Å². The lowest BCUT2D eigenvalue weighted by atomic mass is 10.1. The molecule has 100 valence electrons. The normalized spacial score (nSPS) is 18.1. The summed E-state index contributed by atoms with van der Waals surface area (Å²) < 4.78 is 5.31. The van der Waals surface area contributed by atoms with E-state index in [4.69, 9.17) is 4.74 Å². The first kappa shape index (κ1) is 13.4. The van der Waals surface area contributed by atoms with Crippen molar-refractivity contribution < 1.29 is 4.74 Å². The lowest BCUT2D eigenvalue weighted by Gasteiger charge is -2.25. The number of hydrogen-bond acceptors (Lipinski definition) is 3. The van der Waals surface area contributed by atoms with Crippen molar-refractivity contribution in [3.8, 4) is 0 Å². The van der Waals surface area contributed by atoms with Crippen molar-refractivity contribution >= 4 is 5.69 Å². The maximum absolute atomic E-state index is 5.31. The van der Waals surface area contributed by atoms with Crippen molar-refractivity contribution in [1.82, 2.24) is 5.32 Å². The van der Waals surface area contributed by atoms with Crippen molar-refractivity contribution in [3.63, 3.8) is 0 Å². The van der Waals surface area contributed by atoms with Gasteiger partial charge in [0.2, 0.25) is 0 Å². The summed E-state index contributed by atoms with van der Waals surface area (Å²) in [5, 5.41) is 3.43. The molecule has 1 unspecified atom stereocenters.